The third kappa shape index (κ3) is 4.64. The fourth-order valence-electron chi connectivity index (χ4n) is 2.06. The molecule has 2 aromatic rings. The highest BCUT2D eigenvalue weighted by Gasteiger charge is 2.13. The summed E-state index contributed by atoms with van der Waals surface area (Å²) in [4.78, 5) is 23.6. The lowest BCUT2D eigenvalue weighted by Crippen LogP contribution is -2.35. The Kier molecular flexibility index (Phi) is 5.62. The number of nitrogens with one attached hydrogen (secondary N) is 2. The molecular formula is C17H18N2O5. The zero-order chi connectivity index (χ0) is 17.5. The van der Waals surface area contributed by atoms with Crippen LogP contribution in [0.3, 0.4) is 0 Å². The number of phenolic OH excluding ortho intramolecular Hbond substituents is 3. The van der Waals surface area contributed by atoms with Crippen LogP contribution in [-0.2, 0) is 11.2 Å². The average Bonchev–Trinajstić information content (AvgIpc) is 2.56. The predicted octanol–water partition coefficient (Wildman–Crippen LogP) is 0.892. The van der Waals surface area contributed by atoms with Gasteiger partial charge in [-0.1, -0.05) is 30.3 Å². The first-order valence-electron chi connectivity index (χ1n) is 7.31. The van der Waals surface area contributed by atoms with Crippen molar-refractivity contribution in [1.82, 2.24) is 10.6 Å². The first kappa shape index (κ1) is 17.1. The highest BCUT2D eigenvalue weighted by atomic mass is 16.3. The molecule has 7 heteroatoms. The lowest BCUT2D eigenvalue weighted by molar-refractivity contribution is -0.120. The van der Waals surface area contributed by atoms with E-state index in [1.54, 1.807) is 0 Å². The summed E-state index contributed by atoms with van der Waals surface area (Å²) in [6.07, 6.45) is 0.258. The van der Waals surface area contributed by atoms with Crippen LogP contribution in [0, 0.1) is 0 Å². The molecule has 0 atom stereocenters. The molecule has 0 heterocycles. The summed E-state index contributed by atoms with van der Waals surface area (Å²) in [6.45, 7) is 0.426. The number of phenols is 3. The molecule has 7 nitrogen and oxygen atoms in total. The van der Waals surface area contributed by atoms with Crippen molar-refractivity contribution in [3.63, 3.8) is 0 Å². The van der Waals surface area contributed by atoms with Gasteiger partial charge in [-0.3, -0.25) is 9.59 Å². The summed E-state index contributed by atoms with van der Waals surface area (Å²) in [5, 5.41) is 33.2. The Balaban J connectivity index is 1.76. The second-order valence-electron chi connectivity index (χ2n) is 5.13. The molecule has 0 radical (unpaired) electrons. The van der Waals surface area contributed by atoms with E-state index in [1.165, 1.54) is 0 Å². The summed E-state index contributed by atoms with van der Waals surface area (Å²) < 4.78 is 0. The molecule has 0 saturated carbocycles. The molecule has 0 saturated heterocycles. The fourth-order valence-corrected chi connectivity index (χ4v) is 2.06. The van der Waals surface area contributed by atoms with Gasteiger partial charge >= 0.3 is 0 Å². The molecular weight excluding hydrogens is 312 g/mol. The maximum absolute atomic E-state index is 11.9. The topological polar surface area (TPSA) is 119 Å². The highest BCUT2D eigenvalue weighted by Crippen LogP contribution is 2.35. The number of hydrogen-bond donors (Lipinski definition) is 5. The maximum atomic E-state index is 11.9. The molecule has 0 aliphatic rings. The SMILES string of the molecule is O=C(Cc1ccccc1)NCCNC(=O)c1cc(O)c(O)c(O)c1. The van der Waals surface area contributed by atoms with Gasteiger partial charge in [0.2, 0.25) is 5.91 Å². The first-order valence-corrected chi connectivity index (χ1v) is 7.31. The standard InChI is InChI=1S/C17H18N2O5/c20-13-9-12(10-14(21)16(13)23)17(24)19-7-6-18-15(22)8-11-4-2-1-3-5-11/h1-5,9-10,20-21,23H,6-8H2,(H,18,22)(H,19,24). The number of aromatic hydroxyl groups is 3. The average molecular weight is 330 g/mol. The molecule has 0 unspecified atom stereocenters. The molecule has 5 N–H and O–H groups in total. The van der Waals surface area contributed by atoms with E-state index in [-0.39, 0.29) is 31.0 Å². The van der Waals surface area contributed by atoms with Crippen LogP contribution in [0.25, 0.3) is 0 Å². The van der Waals surface area contributed by atoms with Crippen LogP contribution in [0.15, 0.2) is 42.5 Å². The zero-order valence-electron chi connectivity index (χ0n) is 12.8. The van der Waals surface area contributed by atoms with Crippen LogP contribution < -0.4 is 10.6 Å². The van der Waals surface area contributed by atoms with Crippen LogP contribution in [0.4, 0.5) is 0 Å². The zero-order valence-corrected chi connectivity index (χ0v) is 12.8. The number of rotatable bonds is 6. The van der Waals surface area contributed by atoms with Crippen LogP contribution >= 0.6 is 0 Å². The maximum Gasteiger partial charge on any atom is 0.251 e. The molecule has 24 heavy (non-hydrogen) atoms. The fraction of sp³-hybridized carbons (Fsp3) is 0.176. The van der Waals surface area contributed by atoms with Gasteiger partial charge in [0.1, 0.15) is 0 Å². The van der Waals surface area contributed by atoms with Gasteiger partial charge < -0.3 is 26.0 Å². The molecule has 0 fully saturated rings. The summed E-state index contributed by atoms with van der Waals surface area (Å²) >= 11 is 0. The number of carbonyl (C=O) groups excluding carboxylic acids is 2. The molecule has 0 aromatic heterocycles. The quantitative estimate of drug-likeness (QED) is 0.398. The van der Waals surface area contributed by atoms with Crippen molar-refractivity contribution in [3.05, 3.63) is 53.6 Å². The van der Waals surface area contributed by atoms with Crippen molar-refractivity contribution < 1.29 is 24.9 Å². The molecule has 2 amide bonds. The lowest BCUT2D eigenvalue weighted by Gasteiger charge is -2.08. The van der Waals surface area contributed by atoms with Crippen molar-refractivity contribution in [2.75, 3.05) is 13.1 Å². The van der Waals surface area contributed by atoms with Crippen molar-refractivity contribution in [3.8, 4) is 17.2 Å². The third-order valence-electron chi connectivity index (χ3n) is 3.27. The Morgan fingerprint density at radius 2 is 1.46 bits per heavy atom. The van der Waals surface area contributed by atoms with E-state index < -0.39 is 23.2 Å². The molecule has 0 spiro atoms. The summed E-state index contributed by atoms with van der Waals surface area (Å²) in [5.74, 6) is -2.55. The van der Waals surface area contributed by atoms with E-state index >= 15 is 0 Å². The molecule has 0 bridgehead atoms. The minimum Gasteiger partial charge on any atom is -0.504 e. The Hall–Kier alpha value is -3.22. The second-order valence-corrected chi connectivity index (χ2v) is 5.13. The Labute approximate surface area is 138 Å². The Morgan fingerprint density at radius 1 is 0.875 bits per heavy atom. The molecule has 2 aromatic carbocycles. The number of carbonyl (C=O) groups is 2. The van der Waals surface area contributed by atoms with E-state index in [9.17, 15) is 24.9 Å². The van der Waals surface area contributed by atoms with Crippen LogP contribution in [0.5, 0.6) is 17.2 Å². The molecule has 126 valence electrons. The van der Waals surface area contributed by atoms with Gasteiger partial charge in [-0.15, -0.1) is 0 Å². The van der Waals surface area contributed by atoms with Crippen molar-refractivity contribution in [2.45, 2.75) is 6.42 Å². The third-order valence-corrected chi connectivity index (χ3v) is 3.27. The van der Waals surface area contributed by atoms with Crippen LogP contribution in [-0.4, -0.2) is 40.2 Å². The molecule has 0 aliphatic carbocycles. The molecule has 0 aliphatic heterocycles. The van der Waals surface area contributed by atoms with Crippen molar-refractivity contribution >= 4 is 11.8 Å². The molecule has 2 rings (SSSR count). The van der Waals surface area contributed by atoms with Gasteiger partial charge in [0.25, 0.3) is 5.91 Å². The smallest absolute Gasteiger partial charge is 0.251 e. The highest BCUT2D eigenvalue weighted by molar-refractivity contribution is 5.95. The summed E-state index contributed by atoms with van der Waals surface area (Å²) in [5.41, 5.74) is 0.896. The van der Waals surface area contributed by atoms with Crippen molar-refractivity contribution in [1.29, 1.82) is 0 Å². The monoisotopic (exact) mass is 330 g/mol. The van der Waals surface area contributed by atoms with Gasteiger partial charge in [0.15, 0.2) is 17.2 Å². The van der Waals surface area contributed by atoms with E-state index in [1.807, 2.05) is 30.3 Å². The second kappa shape index (κ2) is 7.87. The van der Waals surface area contributed by atoms with Gasteiger partial charge in [-0.05, 0) is 17.7 Å². The van der Waals surface area contributed by atoms with E-state index in [0.717, 1.165) is 17.7 Å². The number of hydrogen-bond acceptors (Lipinski definition) is 5. The Morgan fingerprint density at radius 3 is 2.08 bits per heavy atom. The summed E-state index contributed by atoms with van der Waals surface area (Å²) in [6, 6.07) is 11.4. The van der Waals surface area contributed by atoms with Crippen LogP contribution in [0.1, 0.15) is 15.9 Å². The normalized spacial score (nSPS) is 10.2. The number of amides is 2. The van der Waals surface area contributed by atoms with E-state index in [4.69, 9.17) is 0 Å². The van der Waals surface area contributed by atoms with Crippen molar-refractivity contribution in [2.24, 2.45) is 0 Å². The minimum atomic E-state index is -0.681. The summed E-state index contributed by atoms with van der Waals surface area (Å²) in [7, 11) is 0. The van der Waals surface area contributed by atoms with Gasteiger partial charge in [0.05, 0.1) is 6.42 Å². The van der Waals surface area contributed by atoms with Crippen LogP contribution in [0.2, 0.25) is 0 Å². The van der Waals surface area contributed by atoms with Gasteiger partial charge in [-0.25, -0.2) is 0 Å². The Bertz CT molecular complexity index is 708. The van der Waals surface area contributed by atoms with E-state index in [2.05, 4.69) is 10.6 Å². The number of benzene rings is 2. The first-order chi connectivity index (χ1) is 11.5. The lowest BCUT2D eigenvalue weighted by atomic mass is 10.1. The minimum absolute atomic E-state index is 0.00147. The van der Waals surface area contributed by atoms with Gasteiger partial charge in [-0.2, -0.15) is 0 Å². The predicted molar refractivity (Wildman–Crippen MR) is 86.9 cm³/mol. The largest absolute Gasteiger partial charge is 0.504 e. The van der Waals surface area contributed by atoms with Gasteiger partial charge in [0, 0.05) is 18.7 Å². The van der Waals surface area contributed by atoms with E-state index in [0.29, 0.717) is 0 Å².